The Kier molecular flexibility index (Phi) is 3.39. The third kappa shape index (κ3) is 2.16. The number of hydrogen-bond donors (Lipinski definition) is 1. The highest BCUT2D eigenvalue weighted by Gasteiger charge is 2.36. The van der Waals surface area contributed by atoms with E-state index in [1.54, 1.807) is 6.20 Å². The predicted molar refractivity (Wildman–Crippen MR) is 61.2 cm³/mol. The van der Waals surface area contributed by atoms with Crippen molar-refractivity contribution < 1.29 is 4.74 Å². The van der Waals surface area contributed by atoms with Crippen LogP contribution in [-0.2, 0) is 10.3 Å². The molecule has 1 heterocycles. The Bertz CT molecular complexity index is 388. The first-order valence-electron chi connectivity index (χ1n) is 5.96. The molecule has 0 aromatic carbocycles. The molecule has 1 fully saturated rings. The van der Waals surface area contributed by atoms with Gasteiger partial charge in [0.15, 0.2) is 0 Å². The molecule has 0 spiro atoms. The molecule has 0 aliphatic heterocycles. The van der Waals surface area contributed by atoms with E-state index in [1.807, 2.05) is 6.92 Å². The molecule has 0 radical (unpaired) electrons. The molecule has 4 heteroatoms. The van der Waals surface area contributed by atoms with Gasteiger partial charge in [-0.25, -0.2) is 4.98 Å². The molecule has 1 saturated carbocycles. The molecule has 0 unspecified atom stereocenters. The van der Waals surface area contributed by atoms with Crippen molar-refractivity contribution in [2.75, 3.05) is 6.61 Å². The summed E-state index contributed by atoms with van der Waals surface area (Å²) in [5.74, 6) is 0.696. The molecule has 1 aromatic rings. The van der Waals surface area contributed by atoms with E-state index in [0.29, 0.717) is 12.4 Å². The molecule has 0 atom stereocenters. The van der Waals surface area contributed by atoms with Gasteiger partial charge in [0.1, 0.15) is 11.4 Å². The van der Waals surface area contributed by atoms with Gasteiger partial charge in [-0.1, -0.05) is 19.3 Å². The zero-order chi connectivity index (χ0) is 11.4. The van der Waals surface area contributed by atoms with Crippen molar-refractivity contribution in [1.82, 2.24) is 9.97 Å². The molecule has 88 valence electrons. The highest BCUT2D eigenvalue weighted by molar-refractivity contribution is 5.04. The SMILES string of the molecule is CCOC1(c2nccc(=O)[nH]2)CCCCC1. The van der Waals surface area contributed by atoms with E-state index >= 15 is 0 Å². The van der Waals surface area contributed by atoms with Gasteiger partial charge < -0.3 is 9.72 Å². The maximum Gasteiger partial charge on any atom is 0.250 e. The van der Waals surface area contributed by atoms with E-state index in [2.05, 4.69) is 9.97 Å². The van der Waals surface area contributed by atoms with Gasteiger partial charge in [-0.05, 0) is 19.8 Å². The first-order chi connectivity index (χ1) is 7.77. The quantitative estimate of drug-likeness (QED) is 0.850. The summed E-state index contributed by atoms with van der Waals surface area (Å²) < 4.78 is 5.88. The van der Waals surface area contributed by atoms with Crippen LogP contribution in [0.25, 0.3) is 0 Å². The standard InChI is InChI=1S/C12H18N2O2/c1-2-16-12(7-4-3-5-8-12)11-13-9-6-10(15)14-11/h6,9H,2-5,7-8H2,1H3,(H,13,14,15). The van der Waals surface area contributed by atoms with Gasteiger partial charge in [-0.15, -0.1) is 0 Å². The van der Waals surface area contributed by atoms with Crippen LogP contribution in [0.3, 0.4) is 0 Å². The average Bonchev–Trinajstić information content (AvgIpc) is 2.31. The van der Waals surface area contributed by atoms with Crippen LogP contribution in [0.2, 0.25) is 0 Å². The van der Waals surface area contributed by atoms with Gasteiger partial charge in [-0.2, -0.15) is 0 Å². The third-order valence-corrected chi connectivity index (χ3v) is 3.18. The summed E-state index contributed by atoms with van der Waals surface area (Å²) in [5, 5.41) is 0. The number of aromatic nitrogens is 2. The van der Waals surface area contributed by atoms with Crippen molar-refractivity contribution in [2.24, 2.45) is 0 Å². The highest BCUT2D eigenvalue weighted by atomic mass is 16.5. The molecule has 0 saturated heterocycles. The second-order valence-electron chi connectivity index (χ2n) is 4.27. The first kappa shape index (κ1) is 11.3. The molecule has 4 nitrogen and oxygen atoms in total. The zero-order valence-corrected chi connectivity index (χ0v) is 9.66. The third-order valence-electron chi connectivity index (χ3n) is 3.18. The van der Waals surface area contributed by atoms with Crippen LogP contribution in [0.4, 0.5) is 0 Å². The van der Waals surface area contributed by atoms with Crippen molar-refractivity contribution in [3.8, 4) is 0 Å². The summed E-state index contributed by atoms with van der Waals surface area (Å²) in [6, 6.07) is 1.44. The number of H-pyrrole nitrogens is 1. The van der Waals surface area contributed by atoms with Crippen LogP contribution >= 0.6 is 0 Å². The Labute approximate surface area is 95.1 Å². The van der Waals surface area contributed by atoms with Gasteiger partial charge in [-0.3, -0.25) is 4.79 Å². The lowest BCUT2D eigenvalue weighted by molar-refractivity contribution is -0.0768. The largest absolute Gasteiger partial charge is 0.367 e. The van der Waals surface area contributed by atoms with Crippen molar-refractivity contribution in [2.45, 2.75) is 44.6 Å². The second kappa shape index (κ2) is 4.78. The van der Waals surface area contributed by atoms with E-state index in [4.69, 9.17) is 4.74 Å². The normalized spacial score (nSPS) is 19.6. The Morgan fingerprint density at radius 2 is 2.19 bits per heavy atom. The zero-order valence-electron chi connectivity index (χ0n) is 9.66. The maximum absolute atomic E-state index is 11.3. The van der Waals surface area contributed by atoms with Gasteiger partial charge in [0.2, 0.25) is 0 Å². The van der Waals surface area contributed by atoms with Crippen LogP contribution in [0.1, 0.15) is 44.9 Å². The molecule has 16 heavy (non-hydrogen) atoms. The van der Waals surface area contributed by atoms with Crippen LogP contribution in [0.15, 0.2) is 17.1 Å². The number of ether oxygens (including phenoxy) is 1. The average molecular weight is 222 g/mol. The van der Waals surface area contributed by atoms with Gasteiger partial charge in [0.25, 0.3) is 5.56 Å². The van der Waals surface area contributed by atoms with Gasteiger partial charge in [0, 0.05) is 18.9 Å². The molecular formula is C12H18N2O2. The summed E-state index contributed by atoms with van der Waals surface area (Å²) >= 11 is 0. The first-order valence-corrected chi connectivity index (χ1v) is 5.96. The number of nitrogens with one attached hydrogen (secondary N) is 1. The summed E-state index contributed by atoms with van der Waals surface area (Å²) in [6.45, 7) is 2.63. The van der Waals surface area contributed by atoms with Crippen molar-refractivity contribution in [3.05, 3.63) is 28.4 Å². The minimum Gasteiger partial charge on any atom is -0.367 e. The fourth-order valence-corrected chi connectivity index (χ4v) is 2.45. The fourth-order valence-electron chi connectivity index (χ4n) is 2.45. The summed E-state index contributed by atoms with van der Waals surface area (Å²) in [4.78, 5) is 18.4. The number of nitrogens with zero attached hydrogens (tertiary/aromatic N) is 1. The van der Waals surface area contributed by atoms with Crippen LogP contribution in [-0.4, -0.2) is 16.6 Å². The Morgan fingerprint density at radius 3 is 2.81 bits per heavy atom. The molecule has 1 aromatic heterocycles. The smallest absolute Gasteiger partial charge is 0.250 e. The van der Waals surface area contributed by atoms with Crippen molar-refractivity contribution in [1.29, 1.82) is 0 Å². The van der Waals surface area contributed by atoms with E-state index in [1.165, 1.54) is 12.5 Å². The molecule has 0 amide bonds. The lowest BCUT2D eigenvalue weighted by Gasteiger charge is -2.35. The maximum atomic E-state index is 11.3. The topological polar surface area (TPSA) is 55.0 Å². The van der Waals surface area contributed by atoms with Gasteiger partial charge in [0.05, 0.1) is 0 Å². The van der Waals surface area contributed by atoms with Crippen LogP contribution in [0, 0.1) is 0 Å². The number of aromatic amines is 1. The van der Waals surface area contributed by atoms with E-state index in [-0.39, 0.29) is 11.2 Å². The van der Waals surface area contributed by atoms with E-state index in [0.717, 1.165) is 25.7 Å². The minimum absolute atomic E-state index is 0.102. The monoisotopic (exact) mass is 222 g/mol. The Hall–Kier alpha value is -1.16. The fraction of sp³-hybridized carbons (Fsp3) is 0.667. The Balaban J connectivity index is 2.34. The lowest BCUT2D eigenvalue weighted by atomic mass is 9.84. The molecular weight excluding hydrogens is 204 g/mol. The summed E-state index contributed by atoms with van der Waals surface area (Å²) in [7, 11) is 0. The molecule has 2 rings (SSSR count). The van der Waals surface area contributed by atoms with Gasteiger partial charge >= 0.3 is 0 Å². The molecule has 0 bridgehead atoms. The second-order valence-corrected chi connectivity index (χ2v) is 4.27. The lowest BCUT2D eigenvalue weighted by Crippen LogP contribution is -2.35. The highest BCUT2D eigenvalue weighted by Crippen LogP contribution is 2.38. The summed E-state index contributed by atoms with van der Waals surface area (Å²) in [5.41, 5.74) is -0.456. The molecule has 1 aliphatic rings. The minimum atomic E-state index is -0.354. The van der Waals surface area contributed by atoms with E-state index < -0.39 is 0 Å². The number of hydrogen-bond acceptors (Lipinski definition) is 3. The summed E-state index contributed by atoms with van der Waals surface area (Å²) in [6.07, 6.45) is 6.98. The van der Waals surface area contributed by atoms with Crippen molar-refractivity contribution in [3.63, 3.8) is 0 Å². The van der Waals surface area contributed by atoms with Crippen LogP contribution < -0.4 is 5.56 Å². The Morgan fingerprint density at radius 1 is 1.44 bits per heavy atom. The number of rotatable bonds is 3. The van der Waals surface area contributed by atoms with Crippen LogP contribution in [0.5, 0.6) is 0 Å². The van der Waals surface area contributed by atoms with E-state index in [9.17, 15) is 4.79 Å². The molecule has 1 aliphatic carbocycles. The van der Waals surface area contributed by atoms with Crippen molar-refractivity contribution >= 4 is 0 Å². The predicted octanol–water partition coefficient (Wildman–Crippen LogP) is 1.97. The molecule has 1 N–H and O–H groups in total.